The molecule has 0 aliphatic heterocycles. The molecular formula is C5H11NNdS2. The first kappa shape index (κ1) is 13.2. The van der Waals surface area contributed by atoms with Crippen LogP contribution in [0.1, 0.15) is 13.8 Å². The molecule has 0 atom stereocenters. The summed E-state index contributed by atoms with van der Waals surface area (Å²) in [4.78, 5) is 2.01. The van der Waals surface area contributed by atoms with Gasteiger partial charge in [-0.25, -0.2) is 0 Å². The van der Waals surface area contributed by atoms with Gasteiger partial charge in [0.1, 0.15) is 4.32 Å². The Morgan fingerprint density at radius 1 is 1.44 bits per heavy atom. The van der Waals surface area contributed by atoms with E-state index >= 15 is 0 Å². The van der Waals surface area contributed by atoms with Crippen molar-refractivity contribution in [3.8, 4) is 0 Å². The Bertz CT molecular complexity index is 83.0. The van der Waals surface area contributed by atoms with Crippen molar-refractivity contribution in [1.29, 1.82) is 0 Å². The monoisotopic (exact) mass is 291 g/mol. The van der Waals surface area contributed by atoms with Crippen LogP contribution in [0.5, 0.6) is 0 Å². The second-order valence-electron chi connectivity index (χ2n) is 1.45. The SMILES string of the molecule is CCN(CC)C(=S)S.[Nd]. The first-order chi connectivity index (χ1) is 3.72. The summed E-state index contributed by atoms with van der Waals surface area (Å²) in [5, 5.41) is 0. The zero-order chi connectivity index (χ0) is 6.57. The van der Waals surface area contributed by atoms with E-state index in [0.29, 0.717) is 4.32 Å². The molecule has 0 unspecified atom stereocenters. The number of nitrogens with zero attached hydrogens (tertiary/aromatic N) is 1. The van der Waals surface area contributed by atoms with Crippen molar-refractivity contribution in [3.05, 3.63) is 0 Å². The molecule has 0 aromatic carbocycles. The molecule has 0 amide bonds. The van der Waals surface area contributed by atoms with E-state index in [1.54, 1.807) is 0 Å². The number of rotatable bonds is 2. The minimum absolute atomic E-state index is 0. The van der Waals surface area contributed by atoms with E-state index in [2.05, 4.69) is 26.5 Å². The summed E-state index contributed by atoms with van der Waals surface area (Å²) < 4.78 is 0.690. The first-order valence-corrected chi connectivity index (χ1v) is 3.55. The van der Waals surface area contributed by atoms with Crippen LogP contribution in [0.4, 0.5) is 0 Å². The zero-order valence-electron chi connectivity index (χ0n) is 5.72. The molecule has 0 radical (unpaired) electrons. The summed E-state index contributed by atoms with van der Waals surface area (Å²) in [5.74, 6) is 0. The summed E-state index contributed by atoms with van der Waals surface area (Å²) in [5.41, 5.74) is 0. The molecule has 0 aromatic rings. The normalized spacial score (nSPS) is 7.89. The third kappa shape index (κ3) is 6.01. The molecule has 0 N–H and O–H groups in total. The van der Waals surface area contributed by atoms with Gasteiger partial charge in [0.15, 0.2) is 0 Å². The summed E-state index contributed by atoms with van der Waals surface area (Å²) in [7, 11) is 0. The standard InChI is InChI=1S/C5H11NS2.Nd/c1-3-6(4-2)5(7)8;/h3-4H2,1-2H3,(H,7,8);. The molecule has 0 saturated heterocycles. The molecule has 0 saturated carbocycles. The Morgan fingerprint density at radius 3 is 1.78 bits per heavy atom. The van der Waals surface area contributed by atoms with E-state index in [9.17, 15) is 0 Å². The van der Waals surface area contributed by atoms with Crippen molar-refractivity contribution >= 4 is 29.2 Å². The van der Waals surface area contributed by atoms with Gasteiger partial charge in [-0.3, -0.25) is 0 Å². The fourth-order valence-corrected chi connectivity index (χ4v) is 1.04. The predicted octanol–water partition coefficient (Wildman–Crippen LogP) is 1.54. The molecule has 0 fully saturated rings. The maximum Gasteiger partial charge on any atom is 0.133 e. The Balaban J connectivity index is 0. The number of hydrogen-bond donors (Lipinski definition) is 1. The molecule has 52 valence electrons. The molecule has 0 aliphatic carbocycles. The second-order valence-corrected chi connectivity index (χ2v) is 2.57. The van der Waals surface area contributed by atoms with Crippen LogP contribution in [-0.4, -0.2) is 22.3 Å². The van der Waals surface area contributed by atoms with Gasteiger partial charge in [0.05, 0.1) is 0 Å². The molecule has 0 heterocycles. The molecule has 0 aromatic heterocycles. The van der Waals surface area contributed by atoms with Crippen molar-refractivity contribution in [2.75, 3.05) is 13.1 Å². The van der Waals surface area contributed by atoms with E-state index in [4.69, 9.17) is 12.2 Å². The van der Waals surface area contributed by atoms with Crippen LogP contribution in [0.3, 0.4) is 0 Å². The fraction of sp³-hybridized carbons (Fsp3) is 0.800. The van der Waals surface area contributed by atoms with Gasteiger partial charge < -0.3 is 4.90 Å². The van der Waals surface area contributed by atoms with Crippen molar-refractivity contribution in [2.24, 2.45) is 0 Å². The van der Waals surface area contributed by atoms with E-state index in [-0.39, 0.29) is 40.8 Å². The second kappa shape index (κ2) is 7.69. The third-order valence-corrected chi connectivity index (χ3v) is 1.58. The van der Waals surface area contributed by atoms with Crippen LogP contribution < -0.4 is 0 Å². The topological polar surface area (TPSA) is 3.24 Å². The molecule has 9 heavy (non-hydrogen) atoms. The van der Waals surface area contributed by atoms with E-state index in [1.165, 1.54) is 0 Å². The number of hydrogen-bond acceptors (Lipinski definition) is 1. The quantitative estimate of drug-likeness (QED) is 0.608. The van der Waals surface area contributed by atoms with Gasteiger partial charge in [-0.2, -0.15) is 0 Å². The summed E-state index contributed by atoms with van der Waals surface area (Å²) in [6.07, 6.45) is 0. The van der Waals surface area contributed by atoms with E-state index in [0.717, 1.165) is 13.1 Å². The molecule has 0 aliphatic rings. The van der Waals surface area contributed by atoms with Crippen LogP contribution in [0.2, 0.25) is 0 Å². The minimum Gasteiger partial charge on any atom is -0.358 e. The summed E-state index contributed by atoms with van der Waals surface area (Å²) in [6.45, 7) is 6.04. The smallest absolute Gasteiger partial charge is 0.133 e. The third-order valence-electron chi connectivity index (χ3n) is 1.03. The molecule has 0 bridgehead atoms. The van der Waals surface area contributed by atoms with Crippen molar-refractivity contribution < 1.29 is 40.8 Å². The van der Waals surface area contributed by atoms with Crippen LogP contribution in [0.15, 0.2) is 0 Å². The van der Waals surface area contributed by atoms with Gasteiger partial charge in [-0.05, 0) is 13.8 Å². The number of thiocarbonyl (C=S) groups is 1. The largest absolute Gasteiger partial charge is 0.358 e. The molecule has 0 rings (SSSR count). The fourth-order valence-electron chi connectivity index (χ4n) is 0.494. The van der Waals surface area contributed by atoms with Gasteiger partial charge in [0, 0.05) is 53.9 Å². The Kier molecular flexibility index (Phi) is 11.3. The van der Waals surface area contributed by atoms with E-state index in [1.807, 2.05) is 4.90 Å². The average molecular weight is 294 g/mol. The maximum atomic E-state index is 4.81. The maximum absolute atomic E-state index is 4.81. The van der Waals surface area contributed by atoms with Gasteiger partial charge in [0.25, 0.3) is 0 Å². The van der Waals surface area contributed by atoms with E-state index < -0.39 is 0 Å². The van der Waals surface area contributed by atoms with Crippen molar-refractivity contribution in [2.45, 2.75) is 13.8 Å². The van der Waals surface area contributed by atoms with Gasteiger partial charge in [0.2, 0.25) is 0 Å². The van der Waals surface area contributed by atoms with Gasteiger partial charge >= 0.3 is 0 Å². The van der Waals surface area contributed by atoms with Gasteiger partial charge in [-0.1, -0.05) is 12.2 Å². The molecular weight excluding hydrogens is 282 g/mol. The van der Waals surface area contributed by atoms with Crippen LogP contribution in [0, 0.1) is 40.8 Å². The molecule has 0 spiro atoms. The zero-order valence-corrected chi connectivity index (χ0v) is 10.6. The average Bonchev–Trinajstić information content (AvgIpc) is 1.69. The van der Waals surface area contributed by atoms with Crippen LogP contribution >= 0.6 is 24.8 Å². The summed E-state index contributed by atoms with van der Waals surface area (Å²) >= 11 is 8.82. The van der Waals surface area contributed by atoms with Crippen molar-refractivity contribution in [3.63, 3.8) is 0 Å². The van der Waals surface area contributed by atoms with Crippen LogP contribution in [-0.2, 0) is 0 Å². The first-order valence-electron chi connectivity index (χ1n) is 2.70. The number of thiol groups is 1. The molecule has 4 heteroatoms. The Morgan fingerprint density at radius 2 is 1.78 bits per heavy atom. The summed E-state index contributed by atoms with van der Waals surface area (Å²) in [6, 6.07) is 0. The van der Waals surface area contributed by atoms with Gasteiger partial charge in [-0.15, -0.1) is 12.6 Å². The van der Waals surface area contributed by atoms with Crippen molar-refractivity contribution in [1.82, 2.24) is 4.90 Å². The predicted molar refractivity (Wildman–Crippen MR) is 44.5 cm³/mol. The molecule has 1 nitrogen and oxygen atoms in total. The van der Waals surface area contributed by atoms with Crippen LogP contribution in [0.25, 0.3) is 0 Å². The Hall–Kier alpha value is 1.59. The minimum atomic E-state index is 0. The Labute approximate surface area is 101 Å².